The molecule has 1 aliphatic heterocycles. The molecule has 2 heterocycles. The van der Waals surface area contributed by atoms with E-state index >= 15 is 0 Å². The third-order valence-corrected chi connectivity index (χ3v) is 5.42. The van der Waals surface area contributed by atoms with E-state index in [0.29, 0.717) is 31.8 Å². The fourth-order valence-corrected chi connectivity index (χ4v) is 3.84. The molecule has 120 valence electrons. The van der Waals surface area contributed by atoms with Crippen molar-refractivity contribution in [1.29, 1.82) is 0 Å². The molecule has 1 N–H and O–H groups in total. The average molecular weight is 316 g/mol. The van der Waals surface area contributed by atoms with Gasteiger partial charge >= 0.3 is 0 Å². The molecule has 7 heteroatoms. The number of nitrogens with zero attached hydrogens (tertiary/aromatic N) is 2. The van der Waals surface area contributed by atoms with E-state index in [9.17, 15) is 13.5 Å². The lowest BCUT2D eigenvalue weighted by Crippen LogP contribution is -2.27. The molecule has 0 bridgehead atoms. The number of hydrogen-bond donors (Lipinski definition) is 1. The van der Waals surface area contributed by atoms with Gasteiger partial charge in [0.15, 0.2) is 0 Å². The molecule has 1 aromatic heterocycles. The smallest absolute Gasteiger partial charge is 0.276 e. The lowest BCUT2D eigenvalue weighted by molar-refractivity contribution is 0.159. The molecule has 1 saturated heterocycles. The van der Waals surface area contributed by atoms with E-state index in [1.54, 1.807) is 13.0 Å². The summed E-state index contributed by atoms with van der Waals surface area (Å²) in [6.45, 7) is 4.16. The quantitative estimate of drug-likeness (QED) is 0.820. The van der Waals surface area contributed by atoms with Crippen LogP contribution in [0.4, 0.5) is 0 Å². The second-order valence-electron chi connectivity index (χ2n) is 5.71. The van der Waals surface area contributed by atoms with Crippen LogP contribution in [0.2, 0.25) is 0 Å². The normalized spacial score (nSPS) is 18.5. The molecule has 1 aliphatic rings. The number of sulfonamides is 1. The third kappa shape index (κ3) is 4.29. The molecule has 6 nitrogen and oxygen atoms in total. The second kappa shape index (κ2) is 6.91. The lowest BCUT2D eigenvalue weighted by atomic mass is 10.3. The Labute approximate surface area is 126 Å². The van der Waals surface area contributed by atoms with Gasteiger partial charge in [-0.1, -0.05) is 0 Å². The standard InChI is InChI=1S/C14H24N2O4S/c1-12(17)7-10-15(2)11-13-5-6-14(20-13)21(18,19)16-8-3-4-9-16/h5-6,12,17H,3-4,7-11H2,1-2H3. The number of furan rings is 1. The van der Waals surface area contributed by atoms with Crippen LogP contribution in [0.3, 0.4) is 0 Å². The van der Waals surface area contributed by atoms with Gasteiger partial charge in [-0.05, 0) is 45.4 Å². The van der Waals surface area contributed by atoms with E-state index in [-0.39, 0.29) is 11.2 Å². The molecule has 21 heavy (non-hydrogen) atoms. The third-order valence-electron chi connectivity index (χ3n) is 3.65. The minimum absolute atomic E-state index is 0.0309. The Kier molecular flexibility index (Phi) is 5.43. The molecule has 2 rings (SSSR count). The number of aliphatic hydroxyl groups excluding tert-OH is 1. The first-order valence-corrected chi connectivity index (χ1v) is 8.79. The highest BCUT2D eigenvalue weighted by Crippen LogP contribution is 2.23. The fraction of sp³-hybridized carbons (Fsp3) is 0.714. The molecular weight excluding hydrogens is 292 g/mol. The van der Waals surface area contributed by atoms with Crippen LogP contribution in [-0.4, -0.2) is 55.5 Å². The van der Waals surface area contributed by atoms with Crippen molar-refractivity contribution in [1.82, 2.24) is 9.21 Å². The summed E-state index contributed by atoms with van der Waals surface area (Å²) >= 11 is 0. The van der Waals surface area contributed by atoms with Gasteiger partial charge < -0.3 is 9.52 Å². The Hall–Kier alpha value is -0.890. The molecule has 0 aliphatic carbocycles. The minimum atomic E-state index is -3.47. The first-order valence-electron chi connectivity index (χ1n) is 7.35. The van der Waals surface area contributed by atoms with E-state index in [1.165, 1.54) is 10.4 Å². The van der Waals surface area contributed by atoms with Crippen molar-refractivity contribution in [2.24, 2.45) is 0 Å². The largest absolute Gasteiger partial charge is 0.447 e. The zero-order chi connectivity index (χ0) is 15.5. The molecule has 1 atom stereocenters. The van der Waals surface area contributed by atoms with Gasteiger partial charge in [0.1, 0.15) is 5.76 Å². The van der Waals surface area contributed by atoms with Crippen LogP contribution in [0.15, 0.2) is 21.6 Å². The van der Waals surface area contributed by atoms with Gasteiger partial charge in [0.05, 0.1) is 12.6 Å². The zero-order valence-corrected chi connectivity index (χ0v) is 13.5. The Morgan fingerprint density at radius 1 is 1.38 bits per heavy atom. The van der Waals surface area contributed by atoms with Crippen LogP contribution in [0.5, 0.6) is 0 Å². The van der Waals surface area contributed by atoms with E-state index in [0.717, 1.165) is 19.4 Å². The van der Waals surface area contributed by atoms with Gasteiger partial charge in [0.25, 0.3) is 10.0 Å². The lowest BCUT2D eigenvalue weighted by Gasteiger charge is -2.16. The van der Waals surface area contributed by atoms with Crippen LogP contribution >= 0.6 is 0 Å². The fourth-order valence-electron chi connectivity index (χ4n) is 2.39. The predicted octanol–water partition coefficient (Wildman–Crippen LogP) is 1.27. The topological polar surface area (TPSA) is 74.0 Å². The van der Waals surface area contributed by atoms with Crippen molar-refractivity contribution in [3.63, 3.8) is 0 Å². The Morgan fingerprint density at radius 3 is 2.67 bits per heavy atom. The van der Waals surface area contributed by atoms with Crippen molar-refractivity contribution in [3.05, 3.63) is 17.9 Å². The number of rotatable bonds is 7. The first-order chi connectivity index (χ1) is 9.89. The molecule has 1 unspecified atom stereocenters. The van der Waals surface area contributed by atoms with Crippen molar-refractivity contribution in [3.8, 4) is 0 Å². The van der Waals surface area contributed by atoms with Crippen molar-refractivity contribution < 1.29 is 17.9 Å². The maximum Gasteiger partial charge on any atom is 0.276 e. The second-order valence-corrected chi connectivity index (χ2v) is 7.58. The molecule has 0 amide bonds. The highest BCUT2D eigenvalue weighted by molar-refractivity contribution is 7.89. The van der Waals surface area contributed by atoms with Crippen LogP contribution < -0.4 is 0 Å². The van der Waals surface area contributed by atoms with Crippen LogP contribution in [0.25, 0.3) is 0 Å². The maximum atomic E-state index is 12.3. The zero-order valence-electron chi connectivity index (χ0n) is 12.7. The van der Waals surface area contributed by atoms with Gasteiger partial charge in [-0.25, -0.2) is 8.42 Å². The van der Waals surface area contributed by atoms with Crippen molar-refractivity contribution >= 4 is 10.0 Å². The Morgan fingerprint density at radius 2 is 2.05 bits per heavy atom. The van der Waals surface area contributed by atoms with Crippen LogP contribution in [0, 0.1) is 0 Å². The van der Waals surface area contributed by atoms with Gasteiger partial charge in [0.2, 0.25) is 5.09 Å². The van der Waals surface area contributed by atoms with Crippen molar-refractivity contribution in [2.45, 2.75) is 43.9 Å². The monoisotopic (exact) mass is 316 g/mol. The maximum absolute atomic E-state index is 12.3. The summed E-state index contributed by atoms with van der Waals surface area (Å²) in [5.74, 6) is 0.626. The number of hydrogen-bond acceptors (Lipinski definition) is 5. The Bertz CT molecular complexity index is 547. The Balaban J connectivity index is 1.97. The summed E-state index contributed by atoms with van der Waals surface area (Å²) in [5.41, 5.74) is 0. The summed E-state index contributed by atoms with van der Waals surface area (Å²) in [5, 5.41) is 9.30. The van der Waals surface area contributed by atoms with Gasteiger partial charge in [-0.2, -0.15) is 4.31 Å². The molecule has 0 radical (unpaired) electrons. The number of aliphatic hydroxyl groups is 1. The highest BCUT2D eigenvalue weighted by Gasteiger charge is 2.29. The summed E-state index contributed by atoms with van der Waals surface area (Å²) < 4.78 is 31.7. The molecule has 0 spiro atoms. The molecule has 1 aromatic rings. The predicted molar refractivity (Wildman–Crippen MR) is 79.3 cm³/mol. The molecular formula is C14H24N2O4S. The average Bonchev–Trinajstić information content (AvgIpc) is 3.07. The minimum Gasteiger partial charge on any atom is -0.447 e. The summed E-state index contributed by atoms with van der Waals surface area (Å²) in [6, 6.07) is 3.24. The summed E-state index contributed by atoms with van der Waals surface area (Å²) in [7, 11) is -1.56. The molecule has 0 aromatic carbocycles. The van der Waals surface area contributed by atoms with Crippen LogP contribution in [0.1, 0.15) is 31.9 Å². The van der Waals surface area contributed by atoms with Gasteiger partial charge in [-0.3, -0.25) is 4.90 Å². The first kappa shape index (κ1) is 16.5. The SMILES string of the molecule is CC(O)CCN(C)Cc1ccc(S(=O)(=O)N2CCCC2)o1. The summed E-state index contributed by atoms with van der Waals surface area (Å²) in [4.78, 5) is 2.00. The molecule has 1 fully saturated rings. The van der Waals surface area contributed by atoms with Gasteiger partial charge in [-0.15, -0.1) is 0 Å². The molecule has 0 saturated carbocycles. The summed E-state index contributed by atoms with van der Waals surface area (Å²) in [6.07, 6.45) is 2.16. The van der Waals surface area contributed by atoms with Crippen molar-refractivity contribution in [2.75, 3.05) is 26.7 Å². The van der Waals surface area contributed by atoms with E-state index in [2.05, 4.69) is 0 Å². The van der Waals surface area contributed by atoms with E-state index in [1.807, 2.05) is 11.9 Å². The highest BCUT2D eigenvalue weighted by atomic mass is 32.2. The van der Waals surface area contributed by atoms with E-state index in [4.69, 9.17) is 4.42 Å². The van der Waals surface area contributed by atoms with Gasteiger partial charge in [0, 0.05) is 19.6 Å². The van der Waals surface area contributed by atoms with E-state index < -0.39 is 10.0 Å². The van der Waals surface area contributed by atoms with Crippen LogP contribution in [-0.2, 0) is 16.6 Å².